The van der Waals surface area contributed by atoms with E-state index >= 15 is 0 Å². The molecule has 1 aromatic heterocycles. The SMILES string of the molecule is Cc1cc(N)cc(F)c1C1=CCNCC1.c1cn[nH]c1. The van der Waals surface area contributed by atoms with Crippen LogP contribution in [0.15, 0.2) is 36.7 Å². The first-order chi connectivity index (χ1) is 9.68. The number of nitrogens with one attached hydrogen (secondary N) is 2. The summed E-state index contributed by atoms with van der Waals surface area (Å²) in [6.45, 7) is 3.63. The van der Waals surface area contributed by atoms with E-state index in [9.17, 15) is 4.39 Å². The molecule has 3 rings (SSSR count). The zero-order valence-corrected chi connectivity index (χ0v) is 11.5. The maximum absolute atomic E-state index is 13.8. The molecule has 4 N–H and O–H groups in total. The second kappa shape index (κ2) is 6.86. The first-order valence-electron chi connectivity index (χ1n) is 6.58. The molecule has 0 fully saturated rings. The van der Waals surface area contributed by atoms with Crippen LogP contribution in [0.3, 0.4) is 0 Å². The standard InChI is InChI=1S/C12H15FN2.C3H4N2/c1-8-6-10(14)7-11(13)12(8)9-2-4-15-5-3-9;1-2-4-5-3-1/h2,6-7,15H,3-5,14H2,1H3;1-3H,(H,4,5). The molecule has 20 heavy (non-hydrogen) atoms. The molecule has 5 heteroatoms. The zero-order valence-electron chi connectivity index (χ0n) is 11.5. The molecule has 0 radical (unpaired) electrons. The normalized spacial score (nSPS) is 14.2. The Morgan fingerprint density at radius 2 is 2.20 bits per heavy atom. The fourth-order valence-electron chi connectivity index (χ4n) is 2.24. The molecule has 106 valence electrons. The Kier molecular flexibility index (Phi) is 4.90. The van der Waals surface area contributed by atoms with E-state index in [4.69, 9.17) is 5.73 Å². The Bertz CT molecular complexity index is 535. The van der Waals surface area contributed by atoms with Gasteiger partial charge in [0.15, 0.2) is 0 Å². The maximum atomic E-state index is 13.8. The molecule has 1 aliphatic rings. The lowest BCUT2D eigenvalue weighted by atomic mass is 9.95. The Balaban J connectivity index is 0.000000247. The van der Waals surface area contributed by atoms with Gasteiger partial charge < -0.3 is 11.1 Å². The lowest BCUT2D eigenvalue weighted by Crippen LogP contribution is -2.20. The van der Waals surface area contributed by atoms with E-state index in [1.807, 2.05) is 25.1 Å². The molecule has 0 spiro atoms. The van der Waals surface area contributed by atoms with E-state index in [-0.39, 0.29) is 5.82 Å². The number of aromatic amines is 1. The van der Waals surface area contributed by atoms with Crippen LogP contribution in [-0.2, 0) is 0 Å². The number of hydrogen-bond donors (Lipinski definition) is 3. The number of hydrogen-bond acceptors (Lipinski definition) is 3. The highest BCUT2D eigenvalue weighted by Crippen LogP contribution is 2.27. The highest BCUT2D eigenvalue weighted by Gasteiger charge is 2.13. The van der Waals surface area contributed by atoms with Crippen LogP contribution in [0.2, 0.25) is 0 Å². The average molecular weight is 274 g/mol. The molecule has 1 aromatic carbocycles. The maximum Gasteiger partial charge on any atom is 0.133 e. The van der Waals surface area contributed by atoms with Crippen LogP contribution in [0.1, 0.15) is 17.5 Å². The molecule has 0 saturated heterocycles. The lowest BCUT2D eigenvalue weighted by molar-refractivity contribution is 0.620. The van der Waals surface area contributed by atoms with Gasteiger partial charge >= 0.3 is 0 Å². The Hall–Kier alpha value is -2.14. The van der Waals surface area contributed by atoms with Gasteiger partial charge in [0.2, 0.25) is 0 Å². The highest BCUT2D eigenvalue weighted by molar-refractivity contribution is 5.71. The minimum absolute atomic E-state index is 0.208. The molecule has 1 aliphatic heterocycles. The fourth-order valence-corrected chi connectivity index (χ4v) is 2.24. The van der Waals surface area contributed by atoms with Gasteiger partial charge in [0, 0.05) is 30.2 Å². The van der Waals surface area contributed by atoms with E-state index in [2.05, 4.69) is 15.5 Å². The summed E-state index contributed by atoms with van der Waals surface area (Å²) in [6, 6.07) is 5.05. The predicted molar refractivity (Wildman–Crippen MR) is 79.6 cm³/mol. The molecular formula is C15H19FN4. The Morgan fingerprint density at radius 3 is 2.70 bits per heavy atom. The smallest absolute Gasteiger partial charge is 0.133 e. The van der Waals surface area contributed by atoms with Gasteiger partial charge in [-0.15, -0.1) is 0 Å². The molecule has 2 aromatic rings. The summed E-state index contributed by atoms with van der Waals surface area (Å²) >= 11 is 0. The molecule has 0 aliphatic carbocycles. The van der Waals surface area contributed by atoms with Crippen LogP contribution in [-0.4, -0.2) is 23.3 Å². The molecule has 0 bridgehead atoms. The van der Waals surface area contributed by atoms with Crippen molar-refractivity contribution in [1.82, 2.24) is 15.5 Å². The van der Waals surface area contributed by atoms with E-state index < -0.39 is 0 Å². The van der Waals surface area contributed by atoms with Crippen molar-refractivity contribution in [2.45, 2.75) is 13.3 Å². The number of aryl methyl sites for hydroxylation is 1. The number of H-pyrrole nitrogens is 1. The van der Waals surface area contributed by atoms with Crippen molar-refractivity contribution in [3.63, 3.8) is 0 Å². The third-order valence-electron chi connectivity index (χ3n) is 3.10. The quantitative estimate of drug-likeness (QED) is 0.700. The summed E-state index contributed by atoms with van der Waals surface area (Å²) in [5.74, 6) is -0.208. The van der Waals surface area contributed by atoms with Gasteiger partial charge in [-0.2, -0.15) is 5.10 Å². The van der Waals surface area contributed by atoms with Crippen LogP contribution in [0, 0.1) is 12.7 Å². The topological polar surface area (TPSA) is 66.7 Å². The average Bonchev–Trinajstić information content (AvgIpc) is 2.98. The minimum atomic E-state index is -0.208. The number of aromatic nitrogens is 2. The minimum Gasteiger partial charge on any atom is -0.399 e. The van der Waals surface area contributed by atoms with Gasteiger partial charge in [-0.25, -0.2) is 4.39 Å². The number of nitrogens with zero attached hydrogens (tertiary/aromatic N) is 1. The van der Waals surface area contributed by atoms with Gasteiger partial charge in [-0.05, 0) is 49.2 Å². The number of anilines is 1. The van der Waals surface area contributed by atoms with E-state index in [0.29, 0.717) is 5.69 Å². The largest absolute Gasteiger partial charge is 0.399 e. The molecule has 0 unspecified atom stereocenters. The van der Waals surface area contributed by atoms with E-state index in [1.165, 1.54) is 6.07 Å². The van der Waals surface area contributed by atoms with Crippen LogP contribution in [0.5, 0.6) is 0 Å². The van der Waals surface area contributed by atoms with Gasteiger partial charge in [0.1, 0.15) is 5.82 Å². The number of benzene rings is 1. The van der Waals surface area contributed by atoms with Crippen molar-refractivity contribution in [3.8, 4) is 0 Å². The van der Waals surface area contributed by atoms with E-state index in [0.717, 1.165) is 36.2 Å². The zero-order chi connectivity index (χ0) is 14.4. The number of rotatable bonds is 1. The summed E-state index contributed by atoms with van der Waals surface area (Å²) in [4.78, 5) is 0. The first-order valence-corrected chi connectivity index (χ1v) is 6.58. The van der Waals surface area contributed by atoms with Gasteiger partial charge in [0.25, 0.3) is 0 Å². The molecule has 0 amide bonds. The highest BCUT2D eigenvalue weighted by atomic mass is 19.1. The van der Waals surface area contributed by atoms with Crippen LogP contribution in [0.25, 0.3) is 5.57 Å². The van der Waals surface area contributed by atoms with Crippen LogP contribution >= 0.6 is 0 Å². The monoisotopic (exact) mass is 274 g/mol. The molecule has 4 nitrogen and oxygen atoms in total. The van der Waals surface area contributed by atoms with E-state index in [1.54, 1.807) is 12.4 Å². The Morgan fingerprint density at radius 1 is 1.35 bits per heavy atom. The fraction of sp³-hybridized carbons (Fsp3) is 0.267. The number of halogens is 1. The third kappa shape index (κ3) is 3.68. The van der Waals surface area contributed by atoms with Crippen LogP contribution in [0.4, 0.5) is 10.1 Å². The van der Waals surface area contributed by atoms with Gasteiger partial charge in [-0.1, -0.05) is 6.08 Å². The third-order valence-corrected chi connectivity index (χ3v) is 3.10. The van der Waals surface area contributed by atoms with Crippen molar-refractivity contribution >= 4 is 11.3 Å². The summed E-state index contributed by atoms with van der Waals surface area (Å²) in [6.07, 6.45) is 6.38. The second-order valence-electron chi connectivity index (χ2n) is 4.64. The predicted octanol–water partition coefficient (Wildman–Crippen LogP) is 2.50. The number of nitrogens with two attached hydrogens (primary N) is 1. The van der Waals surface area contributed by atoms with Gasteiger partial charge in [-0.3, -0.25) is 5.10 Å². The van der Waals surface area contributed by atoms with Crippen molar-refractivity contribution in [1.29, 1.82) is 0 Å². The lowest BCUT2D eigenvalue weighted by Gasteiger charge is -2.17. The van der Waals surface area contributed by atoms with Crippen molar-refractivity contribution in [3.05, 3.63) is 53.6 Å². The van der Waals surface area contributed by atoms with Crippen molar-refractivity contribution in [2.24, 2.45) is 0 Å². The molecular weight excluding hydrogens is 255 g/mol. The molecule has 0 saturated carbocycles. The van der Waals surface area contributed by atoms with Crippen molar-refractivity contribution < 1.29 is 4.39 Å². The molecule has 2 heterocycles. The van der Waals surface area contributed by atoms with Crippen LogP contribution < -0.4 is 11.1 Å². The summed E-state index contributed by atoms with van der Waals surface area (Å²) < 4.78 is 13.8. The Labute approximate surface area is 117 Å². The summed E-state index contributed by atoms with van der Waals surface area (Å²) in [7, 11) is 0. The summed E-state index contributed by atoms with van der Waals surface area (Å²) in [5.41, 5.74) is 8.81. The van der Waals surface area contributed by atoms with Crippen molar-refractivity contribution in [2.75, 3.05) is 18.8 Å². The molecule has 0 atom stereocenters. The number of nitrogen functional groups attached to an aromatic ring is 1. The second-order valence-corrected chi connectivity index (χ2v) is 4.64. The van der Waals surface area contributed by atoms with Gasteiger partial charge in [0.05, 0.1) is 0 Å². The summed E-state index contributed by atoms with van der Waals surface area (Å²) in [5, 5.41) is 9.42. The first kappa shape index (κ1) is 14.3.